The van der Waals surface area contributed by atoms with E-state index in [0.29, 0.717) is 17.9 Å². The van der Waals surface area contributed by atoms with Gasteiger partial charge >= 0.3 is 5.97 Å². The first-order valence-electron chi connectivity index (χ1n) is 9.20. The van der Waals surface area contributed by atoms with Crippen LogP contribution < -0.4 is 0 Å². The molecule has 0 bridgehead atoms. The molecule has 0 saturated carbocycles. The minimum absolute atomic E-state index is 0.00748. The number of phenolic OH excluding ortho intramolecular Hbond substituents is 1. The number of ether oxygens (including phenoxy) is 1. The number of Topliss-reactive ketones (excluding diaryl/α,β-unsaturated/α-hetero) is 1. The van der Waals surface area contributed by atoms with Crippen LogP contribution in [0.1, 0.15) is 37.8 Å². The predicted octanol–water partition coefficient (Wildman–Crippen LogP) is 3.71. The molecular weight excluding hydrogens is 380 g/mol. The van der Waals surface area contributed by atoms with Gasteiger partial charge in [0.1, 0.15) is 11.4 Å². The summed E-state index contributed by atoms with van der Waals surface area (Å²) in [7, 11) is 0. The van der Waals surface area contributed by atoms with E-state index >= 15 is 0 Å². The van der Waals surface area contributed by atoms with E-state index in [1.165, 1.54) is 6.92 Å². The summed E-state index contributed by atoms with van der Waals surface area (Å²) in [6, 6.07) is 9.10. The molecule has 2 aliphatic rings. The van der Waals surface area contributed by atoms with Crippen molar-refractivity contribution in [1.29, 1.82) is 0 Å². The first-order chi connectivity index (χ1) is 13.2. The predicted molar refractivity (Wildman–Crippen MR) is 106 cm³/mol. The lowest BCUT2D eigenvalue weighted by atomic mass is 9.62. The first-order valence-corrected chi connectivity index (χ1v) is 9.58. The van der Waals surface area contributed by atoms with Crippen molar-refractivity contribution in [3.05, 3.63) is 46.5 Å². The number of aryl methyl sites for hydroxylation is 1. The number of fused-ring (bicyclic) bond motifs is 5. The molecule has 0 saturated heterocycles. The number of aromatic hydroxyl groups is 1. The Morgan fingerprint density at radius 2 is 2.00 bits per heavy atom. The van der Waals surface area contributed by atoms with E-state index in [9.17, 15) is 19.8 Å². The summed E-state index contributed by atoms with van der Waals surface area (Å²) >= 11 is 6.59. The van der Waals surface area contributed by atoms with E-state index < -0.39 is 29.4 Å². The molecule has 0 aromatic heterocycles. The zero-order valence-electron chi connectivity index (χ0n) is 15.7. The maximum Gasteiger partial charge on any atom is 0.303 e. The van der Waals surface area contributed by atoms with Crippen molar-refractivity contribution in [1.82, 2.24) is 0 Å². The van der Waals surface area contributed by atoms with Crippen molar-refractivity contribution in [3.63, 3.8) is 0 Å². The highest BCUT2D eigenvalue weighted by molar-refractivity contribution is 6.34. The maximum atomic E-state index is 12.8. The second-order valence-corrected chi connectivity index (χ2v) is 8.31. The van der Waals surface area contributed by atoms with Crippen molar-refractivity contribution >= 4 is 39.7 Å². The minimum Gasteiger partial charge on any atom is -0.508 e. The number of phenols is 1. The lowest BCUT2D eigenvalue weighted by Gasteiger charge is -2.43. The summed E-state index contributed by atoms with van der Waals surface area (Å²) in [6.07, 6.45) is 1.20. The molecule has 2 aromatic carbocycles. The Hall–Kier alpha value is -2.37. The lowest BCUT2D eigenvalue weighted by Crippen LogP contribution is -2.53. The van der Waals surface area contributed by atoms with Crippen molar-refractivity contribution in [2.24, 2.45) is 5.41 Å². The number of rotatable bonds is 3. The number of carbonyl (C=O) groups excluding carboxylic acids is 2. The largest absolute Gasteiger partial charge is 0.508 e. The molecule has 146 valence electrons. The molecule has 0 amide bonds. The summed E-state index contributed by atoms with van der Waals surface area (Å²) in [5.74, 6) is -0.896. The van der Waals surface area contributed by atoms with Crippen molar-refractivity contribution in [3.8, 4) is 5.75 Å². The van der Waals surface area contributed by atoms with E-state index in [1.54, 1.807) is 12.1 Å². The van der Waals surface area contributed by atoms with Crippen LogP contribution >= 0.6 is 11.6 Å². The molecule has 2 aromatic rings. The Labute approximate surface area is 167 Å². The smallest absolute Gasteiger partial charge is 0.303 e. The Morgan fingerprint density at radius 3 is 2.71 bits per heavy atom. The van der Waals surface area contributed by atoms with Gasteiger partial charge in [0.05, 0.1) is 0 Å². The molecular formula is C22H21ClO5. The molecule has 0 aliphatic heterocycles. The van der Waals surface area contributed by atoms with Crippen molar-refractivity contribution in [2.45, 2.75) is 38.7 Å². The topological polar surface area (TPSA) is 83.8 Å². The summed E-state index contributed by atoms with van der Waals surface area (Å²) < 4.78 is 4.85. The van der Waals surface area contributed by atoms with E-state index in [-0.39, 0.29) is 12.2 Å². The number of hydrogen-bond acceptors (Lipinski definition) is 5. The average molecular weight is 401 g/mol. The van der Waals surface area contributed by atoms with Gasteiger partial charge in [-0.2, -0.15) is 0 Å². The van der Waals surface area contributed by atoms with Crippen LogP contribution in [0.5, 0.6) is 5.75 Å². The normalized spacial score (nSPS) is 26.1. The molecule has 4 rings (SSSR count). The molecule has 0 spiro atoms. The number of hydrogen-bond donors (Lipinski definition) is 2. The number of esters is 1. The Kier molecular flexibility index (Phi) is 4.28. The van der Waals surface area contributed by atoms with Gasteiger partial charge in [0, 0.05) is 23.8 Å². The number of aliphatic hydroxyl groups is 1. The molecule has 0 heterocycles. The maximum absolute atomic E-state index is 12.8. The molecule has 6 heteroatoms. The summed E-state index contributed by atoms with van der Waals surface area (Å²) in [5, 5.41) is 23.5. The molecule has 0 unspecified atom stereocenters. The van der Waals surface area contributed by atoms with Crippen LogP contribution in [0.4, 0.5) is 0 Å². The van der Waals surface area contributed by atoms with Crippen LogP contribution in [0.2, 0.25) is 0 Å². The van der Waals surface area contributed by atoms with Gasteiger partial charge < -0.3 is 14.9 Å². The molecule has 2 aliphatic carbocycles. The fourth-order valence-electron chi connectivity index (χ4n) is 4.74. The monoisotopic (exact) mass is 400 g/mol. The van der Waals surface area contributed by atoms with Gasteiger partial charge in [-0.25, -0.2) is 0 Å². The molecule has 0 fully saturated rings. The first kappa shape index (κ1) is 19.0. The Bertz CT molecular complexity index is 1060. The molecule has 28 heavy (non-hydrogen) atoms. The summed E-state index contributed by atoms with van der Waals surface area (Å²) in [6.45, 7) is 2.61. The molecule has 5 nitrogen and oxygen atoms in total. The Morgan fingerprint density at radius 1 is 1.25 bits per heavy atom. The molecule has 0 radical (unpaired) electrons. The Balaban J connectivity index is 1.81. The third kappa shape index (κ3) is 2.57. The van der Waals surface area contributed by atoms with Crippen LogP contribution in [0, 0.1) is 5.41 Å². The van der Waals surface area contributed by atoms with Crippen LogP contribution in [0.25, 0.3) is 16.3 Å². The van der Waals surface area contributed by atoms with E-state index in [4.69, 9.17) is 16.3 Å². The number of ketones is 1. The number of benzene rings is 2. The average Bonchev–Trinajstić information content (AvgIpc) is 2.85. The zero-order chi connectivity index (χ0) is 20.3. The van der Waals surface area contributed by atoms with Gasteiger partial charge in [0.25, 0.3) is 0 Å². The van der Waals surface area contributed by atoms with E-state index in [1.807, 2.05) is 25.1 Å². The number of carbonyl (C=O) groups is 2. The summed E-state index contributed by atoms with van der Waals surface area (Å²) in [5.41, 5.74) is 0.229. The van der Waals surface area contributed by atoms with Gasteiger partial charge in [0.2, 0.25) is 5.78 Å². The molecule has 2 N–H and O–H groups in total. The quantitative estimate of drug-likeness (QED) is 0.767. The van der Waals surface area contributed by atoms with Crippen molar-refractivity contribution in [2.75, 3.05) is 6.61 Å². The third-order valence-corrected chi connectivity index (χ3v) is 6.60. The highest BCUT2D eigenvalue weighted by atomic mass is 35.5. The van der Waals surface area contributed by atoms with Gasteiger partial charge in [-0.3, -0.25) is 9.59 Å². The third-order valence-electron chi connectivity index (χ3n) is 6.27. The van der Waals surface area contributed by atoms with E-state index in [2.05, 4.69) is 0 Å². The highest BCUT2D eigenvalue weighted by Gasteiger charge is 2.60. The standard InChI is InChI=1S/C22H21ClO5/c1-12(24)28-11-19(26)22(27)10-18(23)20-17-5-3-13-9-14(25)4-6-15(13)16(17)7-8-21(20,22)2/h3-6,9,25,27H,7-8,10-11H2,1-2H3/t21-,22-/m0/s1. The fourth-order valence-corrected chi connectivity index (χ4v) is 5.25. The van der Waals surface area contributed by atoms with Crippen LogP contribution in [-0.2, 0) is 20.7 Å². The number of halogens is 1. The highest BCUT2D eigenvalue weighted by Crippen LogP contribution is 2.61. The van der Waals surface area contributed by atoms with Crippen LogP contribution in [0.3, 0.4) is 0 Å². The second kappa shape index (κ2) is 6.33. The fraction of sp³-hybridized carbons (Fsp3) is 0.364. The minimum atomic E-state index is -1.71. The lowest BCUT2D eigenvalue weighted by molar-refractivity contribution is -0.158. The van der Waals surface area contributed by atoms with E-state index in [0.717, 1.165) is 27.5 Å². The van der Waals surface area contributed by atoms with Gasteiger partial charge in [-0.05, 0) is 52.4 Å². The summed E-state index contributed by atoms with van der Waals surface area (Å²) in [4.78, 5) is 23.9. The van der Waals surface area contributed by atoms with Gasteiger partial charge in [-0.1, -0.05) is 36.7 Å². The zero-order valence-corrected chi connectivity index (χ0v) is 16.5. The molecule has 2 atom stereocenters. The second-order valence-electron chi connectivity index (χ2n) is 7.85. The SMILES string of the molecule is CC(=O)OCC(=O)[C@@]1(O)CC(Cl)=C2c3ccc4cc(O)ccc4c3CC[C@@]21C. The van der Waals surface area contributed by atoms with Crippen LogP contribution in [-0.4, -0.2) is 34.2 Å². The van der Waals surface area contributed by atoms with Crippen LogP contribution in [0.15, 0.2) is 35.4 Å². The van der Waals surface area contributed by atoms with Gasteiger partial charge in [0.15, 0.2) is 6.61 Å². The van der Waals surface area contributed by atoms with Crippen molar-refractivity contribution < 1.29 is 24.5 Å². The van der Waals surface area contributed by atoms with Gasteiger partial charge in [-0.15, -0.1) is 0 Å².